The van der Waals surface area contributed by atoms with Crippen molar-refractivity contribution < 1.29 is 18.8 Å². The third-order valence-corrected chi connectivity index (χ3v) is 6.74. The number of rotatable bonds is 5. The molecule has 3 aromatic heterocycles. The molecule has 8 heteroatoms. The fourth-order valence-electron chi connectivity index (χ4n) is 5.27. The van der Waals surface area contributed by atoms with Gasteiger partial charge in [-0.3, -0.25) is 4.79 Å². The van der Waals surface area contributed by atoms with Crippen LogP contribution in [0.5, 0.6) is 0 Å². The van der Waals surface area contributed by atoms with Crippen molar-refractivity contribution >= 4 is 28.5 Å². The van der Waals surface area contributed by atoms with Crippen LogP contribution in [0.3, 0.4) is 0 Å². The Morgan fingerprint density at radius 3 is 2.69 bits per heavy atom. The summed E-state index contributed by atoms with van der Waals surface area (Å²) < 4.78 is 19.9. The van der Waals surface area contributed by atoms with Crippen LogP contribution < -0.4 is 5.56 Å². The number of carboxylic acids is 1. The second-order valence-corrected chi connectivity index (χ2v) is 9.32. The van der Waals surface area contributed by atoms with E-state index in [-0.39, 0.29) is 17.2 Å². The maximum atomic E-state index is 14.6. The number of allylic oxidation sites excluding steroid dienone is 1. The number of benzene rings is 2. The maximum Gasteiger partial charge on any atom is 0.352 e. The quantitative estimate of drug-likeness (QED) is 0.239. The van der Waals surface area contributed by atoms with Crippen molar-refractivity contribution in [2.45, 2.75) is 26.2 Å². The van der Waals surface area contributed by atoms with E-state index in [4.69, 9.17) is 4.52 Å². The van der Waals surface area contributed by atoms with Gasteiger partial charge in [-0.05, 0) is 52.4 Å². The topological polar surface area (TPSA) is 115 Å². The molecular weight excluding hydrogens is 461 g/mol. The van der Waals surface area contributed by atoms with Gasteiger partial charge in [0.2, 0.25) is 0 Å². The van der Waals surface area contributed by atoms with E-state index < -0.39 is 11.8 Å². The van der Waals surface area contributed by atoms with Gasteiger partial charge in [-0.1, -0.05) is 32.0 Å². The van der Waals surface area contributed by atoms with Crippen molar-refractivity contribution in [1.82, 2.24) is 15.1 Å². The third kappa shape index (κ3) is 3.33. The normalized spacial score (nSPS) is 12.9. The molecule has 7 nitrogen and oxygen atoms in total. The number of aromatic carboxylic acids is 1. The highest BCUT2D eigenvalue weighted by Gasteiger charge is 2.30. The van der Waals surface area contributed by atoms with Crippen LogP contribution in [0.25, 0.3) is 44.9 Å². The molecule has 5 aromatic rings. The number of hydrogen-bond donors (Lipinski definition) is 4. The molecule has 0 amide bonds. The number of aromatic amines is 3. The summed E-state index contributed by atoms with van der Waals surface area (Å²) in [7, 11) is 0. The van der Waals surface area contributed by atoms with E-state index in [1.165, 1.54) is 18.2 Å². The Morgan fingerprint density at radius 1 is 1.14 bits per heavy atom. The lowest BCUT2D eigenvalue weighted by molar-refractivity contribution is 0.0692. The lowest BCUT2D eigenvalue weighted by Crippen LogP contribution is -2.01. The summed E-state index contributed by atoms with van der Waals surface area (Å²) in [5.74, 6) is -1.13. The van der Waals surface area contributed by atoms with E-state index in [0.717, 1.165) is 33.2 Å². The lowest BCUT2D eigenvalue weighted by atomic mass is 9.87. The minimum absolute atomic E-state index is 0.0464. The zero-order valence-corrected chi connectivity index (χ0v) is 19.5. The molecular formula is C28H22FN3O4. The lowest BCUT2D eigenvalue weighted by Gasteiger charge is -2.15. The average Bonchev–Trinajstić information content (AvgIpc) is 3.61. The number of halogens is 1. The number of fused-ring (bicyclic) bond motifs is 2. The minimum Gasteiger partial charge on any atom is -0.477 e. The second kappa shape index (κ2) is 7.98. The number of carbonyl (C=O) groups is 1. The molecule has 2 aromatic carbocycles. The molecule has 0 spiro atoms. The van der Waals surface area contributed by atoms with Crippen LogP contribution in [0.15, 0.2) is 58.0 Å². The van der Waals surface area contributed by atoms with Gasteiger partial charge in [0.05, 0.1) is 11.8 Å². The first-order chi connectivity index (χ1) is 17.3. The van der Waals surface area contributed by atoms with E-state index in [0.29, 0.717) is 34.5 Å². The molecule has 1 aliphatic rings. The molecule has 4 N–H and O–H groups in total. The van der Waals surface area contributed by atoms with Gasteiger partial charge in [0.15, 0.2) is 5.76 Å². The Morgan fingerprint density at radius 2 is 1.97 bits per heavy atom. The first-order valence-electron chi connectivity index (χ1n) is 11.6. The van der Waals surface area contributed by atoms with Crippen LogP contribution in [0.1, 0.15) is 52.7 Å². The molecule has 0 fully saturated rings. The van der Waals surface area contributed by atoms with Crippen LogP contribution in [0.4, 0.5) is 4.39 Å². The second-order valence-electron chi connectivity index (χ2n) is 9.32. The van der Waals surface area contributed by atoms with E-state index in [1.807, 2.05) is 44.2 Å². The number of hydrogen-bond acceptors (Lipinski definition) is 3. The summed E-state index contributed by atoms with van der Waals surface area (Å²) in [4.78, 5) is 30.3. The van der Waals surface area contributed by atoms with Crippen molar-refractivity contribution in [3.63, 3.8) is 0 Å². The highest BCUT2D eigenvalue weighted by Crippen LogP contribution is 2.45. The van der Waals surface area contributed by atoms with Crippen molar-refractivity contribution in [3.8, 4) is 22.4 Å². The predicted molar refractivity (Wildman–Crippen MR) is 135 cm³/mol. The molecule has 0 aliphatic heterocycles. The van der Waals surface area contributed by atoms with E-state index >= 15 is 0 Å². The molecule has 1 aliphatic carbocycles. The van der Waals surface area contributed by atoms with Gasteiger partial charge in [0.1, 0.15) is 11.5 Å². The molecule has 0 bridgehead atoms. The molecule has 36 heavy (non-hydrogen) atoms. The first kappa shape index (κ1) is 21.9. The minimum atomic E-state index is -1.10. The fourth-order valence-corrected chi connectivity index (χ4v) is 5.27. The fraction of sp³-hybridized carbons (Fsp3) is 0.143. The molecule has 6 rings (SSSR count). The molecule has 0 unspecified atom stereocenters. The van der Waals surface area contributed by atoms with E-state index in [2.05, 4.69) is 15.1 Å². The van der Waals surface area contributed by atoms with Gasteiger partial charge in [0, 0.05) is 40.2 Å². The Balaban J connectivity index is 1.63. The highest BCUT2D eigenvalue weighted by molar-refractivity contribution is 6.04. The number of aromatic nitrogens is 3. The predicted octanol–water partition coefficient (Wildman–Crippen LogP) is 6.17. The Labute approximate surface area is 204 Å². The number of nitrogens with one attached hydrogen (secondary N) is 3. The zero-order valence-electron chi connectivity index (χ0n) is 19.5. The third-order valence-electron chi connectivity index (χ3n) is 6.74. The van der Waals surface area contributed by atoms with Crippen LogP contribution in [-0.4, -0.2) is 26.2 Å². The van der Waals surface area contributed by atoms with E-state index in [9.17, 15) is 19.1 Å². The standard InChI is InChI=1S/C28H22FN3O4/c1-13(2)24-25(18-5-3-4-14-8-15(9-19(14)18)22-12-23(33)32-36-22)27(28(34)35)31-26(24)20-10-16(29)11-21-17(20)6-7-30-21/h3-7,9-13,30-31H,8H2,1-2H3,(H,32,33)(H,34,35). The van der Waals surface area contributed by atoms with Crippen LogP contribution >= 0.6 is 0 Å². The summed E-state index contributed by atoms with van der Waals surface area (Å²) in [6.07, 6.45) is 4.22. The summed E-state index contributed by atoms with van der Waals surface area (Å²) in [5, 5.41) is 13.3. The van der Waals surface area contributed by atoms with Crippen LogP contribution in [0, 0.1) is 5.82 Å². The first-order valence-corrected chi connectivity index (χ1v) is 11.6. The van der Waals surface area contributed by atoms with Crippen molar-refractivity contribution in [2.75, 3.05) is 0 Å². The monoisotopic (exact) mass is 483 g/mol. The molecule has 180 valence electrons. The maximum absolute atomic E-state index is 14.6. The van der Waals surface area contributed by atoms with Gasteiger partial charge < -0.3 is 19.6 Å². The van der Waals surface area contributed by atoms with E-state index in [1.54, 1.807) is 6.20 Å². The zero-order chi connectivity index (χ0) is 25.1. The number of carboxylic acid groups (broad SMARTS) is 1. The van der Waals surface area contributed by atoms with Crippen molar-refractivity contribution in [2.24, 2.45) is 0 Å². The highest BCUT2D eigenvalue weighted by atomic mass is 19.1. The van der Waals surface area contributed by atoms with Crippen molar-refractivity contribution in [3.05, 3.63) is 93.0 Å². The number of H-pyrrole nitrogens is 3. The summed E-state index contributed by atoms with van der Waals surface area (Å²) in [6.45, 7) is 3.99. The van der Waals surface area contributed by atoms with Gasteiger partial charge >= 0.3 is 5.97 Å². The van der Waals surface area contributed by atoms with Crippen LogP contribution in [0.2, 0.25) is 0 Å². The smallest absolute Gasteiger partial charge is 0.352 e. The Bertz CT molecular complexity index is 1760. The molecule has 0 atom stereocenters. The molecule has 0 saturated carbocycles. The Kier molecular flexibility index (Phi) is 4.86. The summed E-state index contributed by atoms with van der Waals surface area (Å²) in [5.41, 5.74) is 6.36. The SMILES string of the molecule is CC(C)c1c(-c2cc(F)cc3[nH]ccc23)[nH]c(C(=O)O)c1-c1cccc2c1C=C(c1cc(=O)[nH]o1)C2. The summed E-state index contributed by atoms with van der Waals surface area (Å²) in [6, 6.07) is 11.9. The average molecular weight is 483 g/mol. The summed E-state index contributed by atoms with van der Waals surface area (Å²) >= 11 is 0. The van der Waals surface area contributed by atoms with Gasteiger partial charge in [0.25, 0.3) is 5.56 Å². The molecule has 0 radical (unpaired) electrons. The largest absolute Gasteiger partial charge is 0.477 e. The van der Waals surface area contributed by atoms with Crippen LogP contribution in [-0.2, 0) is 6.42 Å². The van der Waals surface area contributed by atoms with Gasteiger partial charge in [-0.25, -0.2) is 9.18 Å². The Hall–Kier alpha value is -4.59. The van der Waals surface area contributed by atoms with Gasteiger partial charge in [-0.15, -0.1) is 0 Å². The van der Waals surface area contributed by atoms with Crippen molar-refractivity contribution in [1.29, 1.82) is 0 Å². The molecule has 3 heterocycles. The molecule has 0 saturated heterocycles. The van der Waals surface area contributed by atoms with Gasteiger partial charge in [-0.2, -0.15) is 5.16 Å².